The minimum Gasteiger partial charge on any atom is -0.0840 e. The van der Waals surface area contributed by atoms with Crippen molar-refractivity contribution >= 4 is 23.2 Å². The number of halogens is 2. The minimum atomic E-state index is 0.850. The maximum Gasteiger partial charge on any atom is 0.0441 e. The maximum atomic E-state index is 6.16. The van der Waals surface area contributed by atoms with Crippen molar-refractivity contribution in [3.8, 4) is 0 Å². The van der Waals surface area contributed by atoms with Gasteiger partial charge in [-0.2, -0.15) is 0 Å². The lowest BCUT2D eigenvalue weighted by Gasteiger charge is -2.07. The van der Waals surface area contributed by atoms with E-state index in [0.29, 0.717) is 0 Å². The molecule has 0 atom stereocenters. The molecule has 1 rings (SSSR count). The average Bonchev–Trinajstić information content (AvgIpc) is 2.18. The first-order chi connectivity index (χ1) is 6.69. The largest absolute Gasteiger partial charge is 0.0840 e. The van der Waals surface area contributed by atoms with E-state index in [4.69, 9.17) is 23.2 Å². The maximum absolute atomic E-state index is 6.16. The fourth-order valence-corrected chi connectivity index (χ4v) is 2.06. The molecule has 0 fully saturated rings. The summed E-state index contributed by atoms with van der Waals surface area (Å²) in [6.45, 7) is 4.26. The third-order valence-electron chi connectivity index (χ3n) is 2.40. The van der Waals surface area contributed by atoms with Gasteiger partial charge in [0.2, 0.25) is 0 Å². The molecule has 0 heterocycles. The zero-order chi connectivity index (χ0) is 10.6. The number of hydrogen-bond donors (Lipinski definition) is 0. The Morgan fingerprint density at radius 1 is 1.00 bits per heavy atom. The molecule has 0 saturated carbocycles. The first-order valence-corrected chi connectivity index (χ1v) is 5.91. The zero-order valence-electron chi connectivity index (χ0n) is 8.74. The van der Waals surface area contributed by atoms with E-state index in [0.717, 1.165) is 28.5 Å². The molecule has 0 saturated heterocycles. The molecule has 78 valence electrons. The van der Waals surface area contributed by atoms with Gasteiger partial charge in [0, 0.05) is 10.0 Å². The SMILES string of the molecule is CCCCc1cc(Cl)c(CC)cc1Cl. The number of benzene rings is 1. The van der Waals surface area contributed by atoms with Gasteiger partial charge < -0.3 is 0 Å². The second-order valence-electron chi connectivity index (χ2n) is 3.49. The summed E-state index contributed by atoms with van der Waals surface area (Å²) in [5.74, 6) is 0. The average molecular weight is 231 g/mol. The Morgan fingerprint density at radius 3 is 2.14 bits per heavy atom. The van der Waals surface area contributed by atoms with Gasteiger partial charge in [0.1, 0.15) is 0 Å². The molecule has 0 nitrogen and oxygen atoms in total. The number of unbranched alkanes of at least 4 members (excludes halogenated alkanes) is 1. The summed E-state index contributed by atoms with van der Waals surface area (Å²) in [6.07, 6.45) is 4.32. The van der Waals surface area contributed by atoms with Crippen LogP contribution in [0.5, 0.6) is 0 Å². The highest BCUT2D eigenvalue weighted by atomic mass is 35.5. The first-order valence-electron chi connectivity index (χ1n) is 5.15. The van der Waals surface area contributed by atoms with Gasteiger partial charge in [-0.3, -0.25) is 0 Å². The molecule has 0 unspecified atom stereocenters. The van der Waals surface area contributed by atoms with Crippen molar-refractivity contribution in [2.24, 2.45) is 0 Å². The highest BCUT2D eigenvalue weighted by Crippen LogP contribution is 2.26. The molecule has 0 bridgehead atoms. The summed E-state index contributed by atoms with van der Waals surface area (Å²) in [6, 6.07) is 4.01. The zero-order valence-corrected chi connectivity index (χ0v) is 10.3. The Bertz CT molecular complexity index is 305. The van der Waals surface area contributed by atoms with Crippen LogP contribution < -0.4 is 0 Å². The van der Waals surface area contributed by atoms with Gasteiger partial charge in [0.05, 0.1) is 0 Å². The van der Waals surface area contributed by atoms with Crippen molar-refractivity contribution in [1.29, 1.82) is 0 Å². The Morgan fingerprint density at radius 2 is 1.57 bits per heavy atom. The summed E-state index contributed by atoms with van der Waals surface area (Å²) in [7, 11) is 0. The van der Waals surface area contributed by atoms with Crippen LogP contribution in [0.15, 0.2) is 12.1 Å². The molecule has 0 aromatic heterocycles. The summed E-state index contributed by atoms with van der Waals surface area (Å²) in [5, 5.41) is 1.71. The second kappa shape index (κ2) is 5.63. The molecule has 0 aliphatic rings. The highest BCUT2D eigenvalue weighted by Gasteiger charge is 2.05. The fraction of sp³-hybridized carbons (Fsp3) is 0.500. The first kappa shape index (κ1) is 11.9. The van der Waals surface area contributed by atoms with Gasteiger partial charge in [-0.1, -0.05) is 43.5 Å². The summed E-state index contributed by atoms with van der Waals surface area (Å²) >= 11 is 12.3. The number of aryl methyl sites for hydroxylation is 2. The van der Waals surface area contributed by atoms with E-state index in [9.17, 15) is 0 Å². The molecule has 0 amide bonds. The van der Waals surface area contributed by atoms with Gasteiger partial charge in [-0.15, -0.1) is 0 Å². The van der Waals surface area contributed by atoms with Crippen LogP contribution in [-0.2, 0) is 12.8 Å². The summed E-state index contributed by atoms with van der Waals surface area (Å²) < 4.78 is 0. The predicted octanol–water partition coefficient (Wildman–Crippen LogP) is 4.90. The topological polar surface area (TPSA) is 0 Å². The third-order valence-corrected chi connectivity index (χ3v) is 3.10. The molecular weight excluding hydrogens is 215 g/mol. The van der Waals surface area contributed by atoms with Gasteiger partial charge in [-0.05, 0) is 42.5 Å². The van der Waals surface area contributed by atoms with E-state index >= 15 is 0 Å². The van der Waals surface area contributed by atoms with Crippen molar-refractivity contribution in [3.63, 3.8) is 0 Å². The molecule has 2 heteroatoms. The Kier molecular flexibility index (Phi) is 4.77. The smallest absolute Gasteiger partial charge is 0.0441 e. The normalized spacial score (nSPS) is 10.6. The Balaban J connectivity index is 2.90. The van der Waals surface area contributed by atoms with Crippen LogP contribution in [0.1, 0.15) is 37.8 Å². The second-order valence-corrected chi connectivity index (χ2v) is 4.31. The van der Waals surface area contributed by atoms with Crippen molar-refractivity contribution in [3.05, 3.63) is 33.3 Å². The molecule has 0 aliphatic heterocycles. The predicted molar refractivity (Wildman–Crippen MR) is 64.5 cm³/mol. The van der Waals surface area contributed by atoms with Crippen LogP contribution in [0.3, 0.4) is 0 Å². The van der Waals surface area contributed by atoms with Gasteiger partial charge >= 0.3 is 0 Å². The van der Waals surface area contributed by atoms with Gasteiger partial charge in [0.25, 0.3) is 0 Å². The lowest BCUT2D eigenvalue weighted by molar-refractivity contribution is 0.795. The number of rotatable bonds is 4. The molecule has 0 N–H and O–H groups in total. The van der Waals surface area contributed by atoms with Crippen LogP contribution >= 0.6 is 23.2 Å². The molecule has 1 aromatic rings. The molecule has 14 heavy (non-hydrogen) atoms. The lowest BCUT2D eigenvalue weighted by Crippen LogP contribution is -1.90. The van der Waals surface area contributed by atoms with E-state index in [1.54, 1.807) is 0 Å². The van der Waals surface area contributed by atoms with E-state index in [2.05, 4.69) is 13.8 Å². The van der Waals surface area contributed by atoms with E-state index < -0.39 is 0 Å². The van der Waals surface area contributed by atoms with Crippen molar-refractivity contribution in [1.82, 2.24) is 0 Å². The molecule has 0 spiro atoms. The van der Waals surface area contributed by atoms with Gasteiger partial charge in [-0.25, -0.2) is 0 Å². The summed E-state index contributed by atoms with van der Waals surface area (Å²) in [4.78, 5) is 0. The quantitative estimate of drug-likeness (QED) is 0.691. The minimum absolute atomic E-state index is 0.850. The van der Waals surface area contributed by atoms with E-state index in [-0.39, 0.29) is 0 Å². The van der Waals surface area contributed by atoms with Crippen molar-refractivity contribution in [2.75, 3.05) is 0 Å². The van der Waals surface area contributed by atoms with E-state index in [1.807, 2.05) is 12.1 Å². The molecule has 0 aliphatic carbocycles. The summed E-state index contributed by atoms with van der Waals surface area (Å²) in [5.41, 5.74) is 2.31. The van der Waals surface area contributed by atoms with Crippen LogP contribution in [-0.4, -0.2) is 0 Å². The highest BCUT2D eigenvalue weighted by molar-refractivity contribution is 6.34. The fourth-order valence-electron chi connectivity index (χ4n) is 1.46. The lowest BCUT2D eigenvalue weighted by atomic mass is 10.0. The van der Waals surface area contributed by atoms with Gasteiger partial charge in [0.15, 0.2) is 0 Å². The van der Waals surface area contributed by atoms with Crippen LogP contribution in [0.4, 0.5) is 0 Å². The van der Waals surface area contributed by atoms with E-state index in [1.165, 1.54) is 18.4 Å². The van der Waals surface area contributed by atoms with Crippen molar-refractivity contribution < 1.29 is 0 Å². The Labute approximate surface area is 96.2 Å². The van der Waals surface area contributed by atoms with Crippen LogP contribution in [0.2, 0.25) is 10.0 Å². The molecule has 0 radical (unpaired) electrons. The monoisotopic (exact) mass is 230 g/mol. The molecular formula is C12H16Cl2. The van der Waals surface area contributed by atoms with Crippen LogP contribution in [0, 0.1) is 0 Å². The molecule has 1 aromatic carbocycles. The Hall–Kier alpha value is -0.200. The van der Waals surface area contributed by atoms with Crippen LogP contribution in [0.25, 0.3) is 0 Å². The number of hydrogen-bond acceptors (Lipinski definition) is 0. The third kappa shape index (κ3) is 2.90. The standard InChI is InChI=1S/C12H16Cl2/c1-3-5-6-10-8-11(13)9(4-2)7-12(10)14/h7-8H,3-6H2,1-2H3. The van der Waals surface area contributed by atoms with Crippen molar-refractivity contribution in [2.45, 2.75) is 39.5 Å².